The minimum Gasteiger partial charge on any atom is -0.203 e. The van der Waals surface area contributed by atoms with Crippen molar-refractivity contribution in [1.29, 1.82) is 0 Å². The Balaban J connectivity index is 7.41. The van der Waals surface area contributed by atoms with Gasteiger partial charge in [0.2, 0.25) is 0 Å². The molecule has 0 bridgehead atoms. The second-order valence-electron chi connectivity index (χ2n) is 7.59. The summed E-state index contributed by atoms with van der Waals surface area (Å²) in [5.74, 6) is -110. The smallest absolute Gasteiger partial charge is 0.203 e. The van der Waals surface area contributed by atoms with Crippen LogP contribution in [0.1, 0.15) is 0 Å². The van der Waals surface area contributed by atoms with Gasteiger partial charge in [0.05, 0.1) is 0 Å². The summed E-state index contributed by atoms with van der Waals surface area (Å²) in [4.78, 5) is 0. The van der Waals surface area contributed by atoms with E-state index in [1.165, 1.54) is 0 Å². The zero-order valence-electron chi connectivity index (χ0n) is 17.7. The molecule has 0 nitrogen and oxygen atoms in total. The zero-order valence-corrected chi connectivity index (χ0v) is 17.7. The van der Waals surface area contributed by atoms with Crippen LogP contribution in [-0.4, -0.2) is 83.9 Å². The topological polar surface area (TPSA) is 0 Å². The average molecular weight is 702 g/mol. The Morgan fingerprint density at radius 1 is 0.190 bits per heavy atom. The molecule has 0 N–H and O–H groups in total. The minimum atomic E-state index is -9.79. The van der Waals surface area contributed by atoms with E-state index in [-0.39, 0.29) is 0 Å². The van der Waals surface area contributed by atoms with E-state index in [0.29, 0.717) is 0 Å². The molecule has 0 fully saturated rings. The van der Waals surface area contributed by atoms with Crippen molar-refractivity contribution >= 4 is 0 Å². The molecule has 254 valence electrons. The summed E-state index contributed by atoms with van der Waals surface area (Å²) >= 11 is 0. The maximum atomic E-state index is 13.5. The highest BCUT2D eigenvalue weighted by atomic mass is 19.4. The Kier molecular flexibility index (Phi) is 9.31. The van der Waals surface area contributed by atoms with Gasteiger partial charge in [-0.3, -0.25) is 0 Å². The lowest BCUT2D eigenvalue weighted by atomic mass is 9.84. The van der Waals surface area contributed by atoms with Gasteiger partial charge in [0.1, 0.15) is 0 Å². The van der Waals surface area contributed by atoms with Crippen molar-refractivity contribution in [2.24, 2.45) is 0 Å². The van der Waals surface area contributed by atoms with E-state index in [1.807, 2.05) is 0 Å². The van der Waals surface area contributed by atoms with Crippen molar-refractivity contribution in [2.45, 2.75) is 83.9 Å². The fraction of sp³-hybridized carbons (Fsp3) is 1.00. The van der Waals surface area contributed by atoms with Gasteiger partial charge in [0.25, 0.3) is 0 Å². The fourth-order valence-corrected chi connectivity index (χ4v) is 2.27. The molecule has 0 aliphatic rings. The summed E-state index contributed by atoms with van der Waals surface area (Å²) in [6.45, 7) is 0. The van der Waals surface area contributed by atoms with Gasteiger partial charge in [0.15, 0.2) is 0 Å². The predicted octanol–water partition coefficient (Wildman–Crippen LogP) is 9.14. The average Bonchev–Trinajstić information content (AvgIpc) is 2.77. The lowest BCUT2D eigenvalue weighted by Gasteiger charge is -2.45. The van der Waals surface area contributed by atoms with Crippen molar-refractivity contribution in [3.05, 3.63) is 0 Å². The molecule has 42 heavy (non-hydrogen) atoms. The first kappa shape index (κ1) is 40.0. The molecule has 0 heterocycles. The van der Waals surface area contributed by atoms with Gasteiger partial charge < -0.3 is 0 Å². The third-order valence-electron chi connectivity index (χ3n) is 4.93. The van der Waals surface area contributed by atoms with E-state index in [4.69, 9.17) is 0 Å². The summed E-state index contributed by atoms with van der Waals surface area (Å²) in [6, 6.07) is 0. The molecule has 0 saturated carbocycles. The monoisotopic (exact) mass is 702 g/mol. The quantitative estimate of drug-likeness (QED) is 0.168. The van der Waals surface area contributed by atoms with E-state index in [9.17, 15) is 123 Å². The molecule has 28 heteroatoms. The summed E-state index contributed by atoms with van der Waals surface area (Å²) < 4.78 is 365. The second kappa shape index (κ2) is 9.77. The van der Waals surface area contributed by atoms with E-state index in [0.717, 1.165) is 0 Å². The first-order valence-corrected chi connectivity index (χ1v) is 8.74. The van der Waals surface area contributed by atoms with Crippen LogP contribution in [0, 0.1) is 0 Å². The number of alkyl halides is 28. The maximum absolute atomic E-state index is 13.5. The van der Waals surface area contributed by atoms with Crippen LogP contribution in [0.15, 0.2) is 0 Å². The third kappa shape index (κ3) is 4.39. The van der Waals surface area contributed by atoms with Crippen molar-refractivity contribution in [2.75, 3.05) is 0 Å². The van der Waals surface area contributed by atoms with E-state index < -0.39 is 83.9 Å². The molecule has 0 aliphatic heterocycles. The molecular weight excluding hydrogens is 700 g/mol. The Labute approximate surface area is 208 Å². The molecular formula is C14H2F28. The number of halogens is 28. The van der Waals surface area contributed by atoms with Crippen LogP contribution >= 0.6 is 0 Å². The Morgan fingerprint density at radius 3 is 0.381 bits per heavy atom. The molecule has 0 amide bonds. The Hall–Kier alpha value is -1.96. The van der Waals surface area contributed by atoms with Gasteiger partial charge >= 0.3 is 83.9 Å². The normalized spacial score (nSPS) is 17.0. The number of hydrogen-bond donors (Lipinski definition) is 0. The van der Waals surface area contributed by atoms with Crippen LogP contribution in [0.5, 0.6) is 0 Å². The minimum absolute atomic E-state index is 6.36. The summed E-state index contributed by atoms with van der Waals surface area (Å²) in [7, 11) is 0. The highest BCUT2D eigenvalue weighted by Crippen LogP contribution is 2.68. The first-order valence-electron chi connectivity index (χ1n) is 8.74. The molecule has 0 spiro atoms. The van der Waals surface area contributed by atoms with Crippen LogP contribution in [-0.2, 0) is 0 Å². The van der Waals surface area contributed by atoms with Crippen molar-refractivity contribution < 1.29 is 123 Å². The van der Waals surface area contributed by atoms with Gasteiger partial charge in [-0.25, -0.2) is 17.6 Å². The molecule has 0 aromatic heterocycles. The standard InChI is InChI=1S/C14H2F28/c15-1(16)3(19,20)5(23,24)7(27,28)9(31,32)11(35,36)13(39,40)14(41,42)12(37,38)10(33,34)8(29,30)6(25,26)4(21,22)2(17)18/h1-2H. The van der Waals surface area contributed by atoms with E-state index in [2.05, 4.69) is 0 Å². The zero-order chi connectivity index (χ0) is 35.2. The van der Waals surface area contributed by atoms with Crippen LogP contribution in [0.4, 0.5) is 123 Å². The summed E-state index contributed by atoms with van der Waals surface area (Å²) in [6.07, 6.45) is -12.7. The fourth-order valence-electron chi connectivity index (χ4n) is 2.27. The van der Waals surface area contributed by atoms with Crippen LogP contribution in [0.3, 0.4) is 0 Å². The summed E-state index contributed by atoms with van der Waals surface area (Å²) in [5.41, 5.74) is 0. The molecule has 0 saturated heterocycles. The predicted molar refractivity (Wildman–Crippen MR) is 71.4 cm³/mol. The molecule has 0 unspecified atom stereocenters. The lowest BCUT2D eigenvalue weighted by molar-refractivity contribution is -0.481. The molecule has 0 aromatic rings. The Morgan fingerprint density at radius 2 is 0.286 bits per heavy atom. The summed E-state index contributed by atoms with van der Waals surface area (Å²) in [5, 5.41) is 0. The Bertz CT molecular complexity index is 889. The van der Waals surface area contributed by atoms with Gasteiger partial charge in [-0.05, 0) is 0 Å². The molecule has 0 atom stereocenters. The number of hydrogen-bond acceptors (Lipinski definition) is 0. The van der Waals surface area contributed by atoms with Crippen LogP contribution < -0.4 is 0 Å². The highest BCUT2D eigenvalue weighted by Gasteiger charge is 2.99. The van der Waals surface area contributed by atoms with E-state index in [1.54, 1.807) is 0 Å². The van der Waals surface area contributed by atoms with Crippen molar-refractivity contribution in [3.63, 3.8) is 0 Å². The van der Waals surface area contributed by atoms with Gasteiger partial charge in [-0.2, -0.15) is 105 Å². The van der Waals surface area contributed by atoms with Gasteiger partial charge in [0, 0.05) is 0 Å². The first-order chi connectivity index (χ1) is 17.6. The number of rotatable bonds is 13. The molecule has 0 aromatic carbocycles. The molecule has 0 aliphatic carbocycles. The van der Waals surface area contributed by atoms with Gasteiger partial charge in [-0.15, -0.1) is 0 Å². The third-order valence-corrected chi connectivity index (χ3v) is 4.93. The van der Waals surface area contributed by atoms with Crippen molar-refractivity contribution in [3.8, 4) is 0 Å². The van der Waals surface area contributed by atoms with Crippen LogP contribution in [0.2, 0.25) is 0 Å². The highest BCUT2D eigenvalue weighted by molar-refractivity contribution is 5.20. The second-order valence-corrected chi connectivity index (χ2v) is 7.59. The van der Waals surface area contributed by atoms with Crippen molar-refractivity contribution in [1.82, 2.24) is 0 Å². The lowest BCUT2D eigenvalue weighted by Crippen LogP contribution is -2.78. The van der Waals surface area contributed by atoms with Gasteiger partial charge in [-0.1, -0.05) is 0 Å². The molecule has 0 radical (unpaired) electrons. The maximum Gasteiger partial charge on any atom is 0.385 e. The largest absolute Gasteiger partial charge is 0.385 e. The van der Waals surface area contributed by atoms with E-state index >= 15 is 0 Å². The SMILES string of the molecule is FC(F)C(F)(F)C(F)(F)C(F)(F)C(F)(F)C(F)(F)C(F)(F)C(F)(F)C(F)(F)C(F)(F)C(F)(F)C(F)(F)C(F)(F)C(F)F. The van der Waals surface area contributed by atoms with Crippen LogP contribution in [0.25, 0.3) is 0 Å². The molecule has 0 rings (SSSR count).